The molecule has 1 N–H and O–H groups in total. The van der Waals surface area contributed by atoms with Gasteiger partial charge in [0.1, 0.15) is 0 Å². The van der Waals surface area contributed by atoms with Crippen LogP contribution in [0.2, 0.25) is 0 Å². The highest BCUT2D eigenvalue weighted by Gasteiger charge is 2.21. The molecule has 1 aliphatic rings. The minimum Gasteiger partial charge on any atom is -0.391 e. The number of epoxide rings is 1. The molecule has 1 heterocycles. The highest BCUT2D eigenvalue weighted by molar-refractivity contribution is 4.68. The summed E-state index contributed by atoms with van der Waals surface area (Å²) in [7, 11) is 0. The van der Waals surface area contributed by atoms with Gasteiger partial charge in [-0.1, -0.05) is 13.8 Å². The van der Waals surface area contributed by atoms with Gasteiger partial charge in [-0.25, -0.2) is 0 Å². The van der Waals surface area contributed by atoms with Gasteiger partial charge in [-0.2, -0.15) is 0 Å². The van der Waals surface area contributed by atoms with Gasteiger partial charge in [0.25, 0.3) is 0 Å². The predicted molar refractivity (Wildman–Crippen MR) is 61.5 cm³/mol. The van der Waals surface area contributed by atoms with Crippen molar-refractivity contribution in [1.29, 1.82) is 0 Å². The molecule has 0 saturated carbocycles. The van der Waals surface area contributed by atoms with Crippen molar-refractivity contribution in [3.05, 3.63) is 0 Å². The summed E-state index contributed by atoms with van der Waals surface area (Å²) in [5, 5.41) is 9.37. The molecule has 3 atom stereocenters. The molecule has 0 radical (unpaired) electrons. The molecule has 0 aliphatic carbocycles. The molecule has 0 aromatic heterocycles. The molecule has 4 heteroatoms. The van der Waals surface area contributed by atoms with E-state index in [1.54, 1.807) is 0 Å². The molecule has 0 bridgehead atoms. The summed E-state index contributed by atoms with van der Waals surface area (Å²) in [6.45, 7) is 6.65. The van der Waals surface area contributed by atoms with Crippen LogP contribution in [-0.2, 0) is 14.2 Å². The smallest absolute Gasteiger partial charge is 0.0831 e. The highest BCUT2D eigenvalue weighted by atomic mass is 16.6. The second-order valence-electron chi connectivity index (χ2n) is 4.24. The highest BCUT2D eigenvalue weighted by Crippen LogP contribution is 2.13. The van der Waals surface area contributed by atoms with Crippen LogP contribution in [0, 0.1) is 0 Å². The molecule has 0 amide bonds. The number of ether oxygens (including phenoxy) is 3. The van der Waals surface area contributed by atoms with Gasteiger partial charge >= 0.3 is 0 Å². The Bertz CT molecular complexity index is 170. The standard InChI is InChI=1S/C12H24O4/c1-3-10(13)7-15-11(4-2)8-14-6-5-12-9-16-12/h10-13H,3-9H2,1-2H3. The lowest BCUT2D eigenvalue weighted by molar-refractivity contribution is -0.0510. The predicted octanol–water partition coefficient (Wildman–Crippen LogP) is 1.36. The zero-order valence-corrected chi connectivity index (χ0v) is 10.4. The topological polar surface area (TPSA) is 51.2 Å². The largest absolute Gasteiger partial charge is 0.391 e. The molecule has 0 aromatic rings. The Kier molecular flexibility index (Phi) is 6.96. The van der Waals surface area contributed by atoms with Gasteiger partial charge in [-0.05, 0) is 19.3 Å². The Hall–Kier alpha value is -0.160. The van der Waals surface area contributed by atoms with E-state index in [0.717, 1.165) is 32.5 Å². The third-order valence-corrected chi connectivity index (χ3v) is 2.74. The summed E-state index contributed by atoms with van der Waals surface area (Å²) in [6, 6.07) is 0. The van der Waals surface area contributed by atoms with E-state index in [1.807, 2.05) is 6.92 Å². The van der Waals surface area contributed by atoms with E-state index in [1.165, 1.54) is 0 Å². The summed E-state index contributed by atoms with van der Waals surface area (Å²) in [4.78, 5) is 0. The number of hydrogen-bond donors (Lipinski definition) is 1. The molecule has 3 unspecified atom stereocenters. The first-order valence-corrected chi connectivity index (χ1v) is 6.25. The monoisotopic (exact) mass is 232 g/mol. The van der Waals surface area contributed by atoms with Crippen molar-refractivity contribution < 1.29 is 19.3 Å². The van der Waals surface area contributed by atoms with Gasteiger partial charge in [0.05, 0.1) is 38.1 Å². The van der Waals surface area contributed by atoms with Crippen LogP contribution in [0.4, 0.5) is 0 Å². The van der Waals surface area contributed by atoms with E-state index in [2.05, 4.69) is 6.92 Å². The molecule has 4 nitrogen and oxygen atoms in total. The molecular weight excluding hydrogens is 208 g/mol. The summed E-state index contributed by atoms with van der Waals surface area (Å²) in [5.41, 5.74) is 0. The maximum absolute atomic E-state index is 9.37. The molecule has 0 aromatic carbocycles. The van der Waals surface area contributed by atoms with Gasteiger partial charge < -0.3 is 19.3 Å². The van der Waals surface area contributed by atoms with Crippen molar-refractivity contribution in [2.75, 3.05) is 26.4 Å². The summed E-state index contributed by atoms with van der Waals surface area (Å²) in [6.07, 6.45) is 2.80. The van der Waals surface area contributed by atoms with Crippen LogP contribution >= 0.6 is 0 Å². The molecule has 96 valence electrons. The van der Waals surface area contributed by atoms with Crippen LogP contribution in [0.5, 0.6) is 0 Å². The Balaban J connectivity index is 1.96. The first kappa shape index (κ1) is 13.9. The van der Waals surface area contributed by atoms with Crippen LogP contribution in [-0.4, -0.2) is 49.8 Å². The lowest BCUT2D eigenvalue weighted by Crippen LogP contribution is -2.25. The number of aliphatic hydroxyl groups excluding tert-OH is 1. The summed E-state index contributed by atoms with van der Waals surface area (Å²) >= 11 is 0. The minimum absolute atomic E-state index is 0.0984. The SMILES string of the molecule is CCC(O)COC(CC)COCCC1CO1. The zero-order chi connectivity index (χ0) is 11.8. The summed E-state index contributed by atoms with van der Waals surface area (Å²) in [5.74, 6) is 0. The second kappa shape index (κ2) is 8.01. The average Bonchev–Trinajstić information content (AvgIpc) is 3.11. The molecule has 1 rings (SSSR count). The molecular formula is C12H24O4. The molecule has 16 heavy (non-hydrogen) atoms. The van der Waals surface area contributed by atoms with Crippen LogP contribution < -0.4 is 0 Å². The molecule has 1 aliphatic heterocycles. The van der Waals surface area contributed by atoms with Gasteiger partial charge in [-0.3, -0.25) is 0 Å². The fourth-order valence-electron chi connectivity index (χ4n) is 1.31. The fourth-order valence-corrected chi connectivity index (χ4v) is 1.31. The number of hydrogen-bond acceptors (Lipinski definition) is 4. The van der Waals surface area contributed by atoms with Crippen molar-refractivity contribution in [2.45, 2.75) is 51.4 Å². The van der Waals surface area contributed by atoms with Crippen molar-refractivity contribution in [1.82, 2.24) is 0 Å². The van der Waals surface area contributed by atoms with Gasteiger partial charge in [0.2, 0.25) is 0 Å². The van der Waals surface area contributed by atoms with E-state index in [0.29, 0.717) is 19.3 Å². The van der Waals surface area contributed by atoms with E-state index in [-0.39, 0.29) is 12.2 Å². The van der Waals surface area contributed by atoms with Crippen LogP contribution in [0.15, 0.2) is 0 Å². The van der Waals surface area contributed by atoms with E-state index in [9.17, 15) is 5.11 Å². The van der Waals surface area contributed by atoms with Crippen LogP contribution in [0.25, 0.3) is 0 Å². The first-order valence-electron chi connectivity index (χ1n) is 6.25. The quantitative estimate of drug-likeness (QED) is 0.456. The zero-order valence-electron chi connectivity index (χ0n) is 10.4. The maximum atomic E-state index is 9.37. The average molecular weight is 232 g/mol. The van der Waals surface area contributed by atoms with E-state index >= 15 is 0 Å². The second-order valence-corrected chi connectivity index (χ2v) is 4.24. The normalized spacial score (nSPS) is 23.1. The van der Waals surface area contributed by atoms with E-state index < -0.39 is 0 Å². The van der Waals surface area contributed by atoms with Crippen LogP contribution in [0.1, 0.15) is 33.1 Å². The van der Waals surface area contributed by atoms with Crippen molar-refractivity contribution >= 4 is 0 Å². The Morgan fingerprint density at radius 1 is 1.31 bits per heavy atom. The first-order chi connectivity index (χ1) is 7.76. The third kappa shape index (κ3) is 6.43. The van der Waals surface area contributed by atoms with Crippen LogP contribution in [0.3, 0.4) is 0 Å². The van der Waals surface area contributed by atoms with Gasteiger partial charge in [-0.15, -0.1) is 0 Å². The fraction of sp³-hybridized carbons (Fsp3) is 1.00. The number of rotatable bonds is 10. The lowest BCUT2D eigenvalue weighted by atomic mass is 10.2. The van der Waals surface area contributed by atoms with Crippen molar-refractivity contribution in [3.63, 3.8) is 0 Å². The Morgan fingerprint density at radius 3 is 2.62 bits per heavy atom. The molecule has 1 saturated heterocycles. The van der Waals surface area contributed by atoms with Crippen molar-refractivity contribution in [3.8, 4) is 0 Å². The number of aliphatic hydroxyl groups is 1. The third-order valence-electron chi connectivity index (χ3n) is 2.74. The molecule has 1 fully saturated rings. The lowest BCUT2D eigenvalue weighted by Gasteiger charge is -2.18. The van der Waals surface area contributed by atoms with Gasteiger partial charge in [0.15, 0.2) is 0 Å². The van der Waals surface area contributed by atoms with Crippen molar-refractivity contribution in [2.24, 2.45) is 0 Å². The molecule has 0 spiro atoms. The Morgan fingerprint density at radius 2 is 2.06 bits per heavy atom. The van der Waals surface area contributed by atoms with Gasteiger partial charge in [0, 0.05) is 6.61 Å². The minimum atomic E-state index is -0.353. The van der Waals surface area contributed by atoms with E-state index in [4.69, 9.17) is 14.2 Å². The Labute approximate surface area is 97.9 Å². The maximum Gasteiger partial charge on any atom is 0.0831 e. The summed E-state index contributed by atoms with van der Waals surface area (Å²) < 4.78 is 16.2.